The van der Waals surface area contributed by atoms with Gasteiger partial charge in [-0.05, 0) is 48.9 Å². The molecule has 0 aromatic heterocycles. The third kappa shape index (κ3) is 4.33. The zero-order valence-corrected chi connectivity index (χ0v) is 13.5. The second kappa shape index (κ2) is 7.61. The molecular weight excluding hydrogens is 348 g/mol. The Balaban J connectivity index is 2.03. The minimum Gasteiger partial charge on any atom is -0.504 e. The molecule has 0 spiro atoms. The molecule has 0 unspecified atom stereocenters. The largest absolute Gasteiger partial charge is 0.504 e. The average molecular weight is 363 g/mol. The van der Waals surface area contributed by atoms with E-state index < -0.39 is 0 Å². The Kier molecular flexibility index (Phi) is 5.55. The average Bonchev–Trinajstić information content (AvgIpc) is 2.50. The van der Waals surface area contributed by atoms with Crippen LogP contribution in [-0.4, -0.2) is 23.8 Å². The molecule has 0 atom stereocenters. The van der Waals surface area contributed by atoms with Gasteiger partial charge in [0.2, 0.25) is 0 Å². The van der Waals surface area contributed by atoms with Gasteiger partial charge in [0.15, 0.2) is 11.5 Å². The number of phenolic OH excluding ortho intramolecular Hbond substituents is 1. The smallest absolute Gasteiger partial charge is 0.271 e. The van der Waals surface area contributed by atoms with Crippen LogP contribution < -0.4 is 10.2 Å². The lowest BCUT2D eigenvalue weighted by Crippen LogP contribution is -2.17. The first-order chi connectivity index (χ1) is 10.6. The van der Waals surface area contributed by atoms with Gasteiger partial charge in [-0.25, -0.2) is 5.43 Å². The summed E-state index contributed by atoms with van der Waals surface area (Å²) in [5, 5.41) is 13.5. The van der Waals surface area contributed by atoms with Crippen molar-refractivity contribution in [3.05, 3.63) is 58.1 Å². The highest BCUT2D eigenvalue weighted by Gasteiger charge is 2.04. The van der Waals surface area contributed by atoms with Gasteiger partial charge in [0.05, 0.1) is 12.8 Å². The molecule has 114 valence electrons. The van der Waals surface area contributed by atoms with Gasteiger partial charge in [-0.15, -0.1) is 0 Å². The third-order valence-electron chi connectivity index (χ3n) is 2.75. The fourth-order valence-corrected chi connectivity index (χ4v) is 2.14. The van der Waals surface area contributed by atoms with Crippen molar-refractivity contribution < 1.29 is 14.6 Å². The summed E-state index contributed by atoms with van der Waals surface area (Å²) in [6, 6.07) is 11.9. The quantitative estimate of drug-likeness (QED) is 0.633. The summed E-state index contributed by atoms with van der Waals surface area (Å²) in [6.07, 6.45) is 1.48. The highest BCUT2D eigenvalue weighted by Crippen LogP contribution is 2.26. The Morgan fingerprint density at radius 1 is 1.36 bits per heavy atom. The fourth-order valence-electron chi connectivity index (χ4n) is 1.74. The van der Waals surface area contributed by atoms with E-state index in [2.05, 4.69) is 26.5 Å². The van der Waals surface area contributed by atoms with Crippen LogP contribution in [0.4, 0.5) is 0 Å². The SMILES string of the molecule is CCOc1cc(/C=N\NC(=O)c2cccc(Br)c2)ccc1O. The number of amides is 1. The summed E-state index contributed by atoms with van der Waals surface area (Å²) < 4.78 is 6.11. The van der Waals surface area contributed by atoms with Crippen LogP contribution in [0.5, 0.6) is 11.5 Å². The van der Waals surface area contributed by atoms with Gasteiger partial charge in [-0.3, -0.25) is 4.79 Å². The lowest BCUT2D eigenvalue weighted by molar-refractivity contribution is 0.0955. The van der Waals surface area contributed by atoms with Gasteiger partial charge < -0.3 is 9.84 Å². The number of nitrogens with one attached hydrogen (secondary N) is 1. The molecule has 22 heavy (non-hydrogen) atoms. The molecule has 0 aliphatic heterocycles. The molecular formula is C16H15BrN2O3. The van der Waals surface area contributed by atoms with Crippen LogP contribution in [0.3, 0.4) is 0 Å². The van der Waals surface area contributed by atoms with E-state index in [1.165, 1.54) is 12.3 Å². The summed E-state index contributed by atoms with van der Waals surface area (Å²) >= 11 is 3.31. The maximum Gasteiger partial charge on any atom is 0.271 e. The predicted molar refractivity (Wildman–Crippen MR) is 88.5 cm³/mol. The van der Waals surface area contributed by atoms with Crippen LogP contribution in [0.2, 0.25) is 0 Å². The van der Waals surface area contributed by atoms with E-state index in [4.69, 9.17) is 4.74 Å². The molecule has 0 fully saturated rings. The Morgan fingerprint density at radius 3 is 2.91 bits per heavy atom. The number of halogens is 1. The molecule has 2 N–H and O–H groups in total. The predicted octanol–water partition coefficient (Wildman–Crippen LogP) is 3.32. The minimum atomic E-state index is -0.304. The van der Waals surface area contributed by atoms with Gasteiger partial charge in [0.1, 0.15) is 0 Å². The van der Waals surface area contributed by atoms with Crippen molar-refractivity contribution in [2.45, 2.75) is 6.92 Å². The number of rotatable bonds is 5. The molecule has 6 heteroatoms. The molecule has 0 aliphatic carbocycles. The molecule has 0 bridgehead atoms. The van der Waals surface area contributed by atoms with Gasteiger partial charge in [-0.1, -0.05) is 22.0 Å². The summed E-state index contributed by atoms with van der Waals surface area (Å²) in [4.78, 5) is 11.9. The Morgan fingerprint density at radius 2 is 2.18 bits per heavy atom. The van der Waals surface area contributed by atoms with E-state index in [0.29, 0.717) is 23.5 Å². The Labute approximate surface area is 136 Å². The van der Waals surface area contributed by atoms with E-state index in [1.807, 2.05) is 13.0 Å². The Bertz CT molecular complexity index is 702. The van der Waals surface area contributed by atoms with E-state index >= 15 is 0 Å². The second-order valence-electron chi connectivity index (χ2n) is 4.37. The molecule has 2 rings (SSSR count). The van der Waals surface area contributed by atoms with E-state index in [9.17, 15) is 9.90 Å². The van der Waals surface area contributed by atoms with Crippen LogP contribution in [0.15, 0.2) is 52.0 Å². The normalized spacial score (nSPS) is 10.6. The molecule has 0 radical (unpaired) electrons. The van der Waals surface area contributed by atoms with Crippen LogP contribution in [0.25, 0.3) is 0 Å². The number of benzene rings is 2. The number of ether oxygens (including phenoxy) is 1. The van der Waals surface area contributed by atoms with E-state index in [0.717, 1.165) is 4.47 Å². The van der Waals surface area contributed by atoms with Crippen molar-refractivity contribution >= 4 is 28.1 Å². The fraction of sp³-hybridized carbons (Fsp3) is 0.125. The first-order valence-corrected chi connectivity index (χ1v) is 7.44. The van der Waals surface area contributed by atoms with Crippen molar-refractivity contribution in [1.29, 1.82) is 0 Å². The molecule has 0 aliphatic rings. The molecule has 1 amide bonds. The zero-order valence-electron chi connectivity index (χ0n) is 11.9. The summed E-state index contributed by atoms with van der Waals surface area (Å²) in [5.74, 6) is 0.142. The standard InChI is InChI=1S/C16H15BrN2O3/c1-2-22-15-8-11(6-7-14(15)20)10-18-19-16(21)12-4-3-5-13(17)9-12/h3-10,20H,2H2,1H3,(H,19,21)/b18-10-. The maximum atomic E-state index is 11.9. The second-order valence-corrected chi connectivity index (χ2v) is 5.29. The number of hydrazone groups is 1. The van der Waals surface area contributed by atoms with E-state index in [-0.39, 0.29) is 11.7 Å². The maximum absolute atomic E-state index is 11.9. The summed E-state index contributed by atoms with van der Waals surface area (Å²) in [5.41, 5.74) is 3.66. The summed E-state index contributed by atoms with van der Waals surface area (Å²) in [7, 11) is 0. The molecule has 5 nitrogen and oxygen atoms in total. The van der Waals surface area contributed by atoms with Crippen LogP contribution in [0, 0.1) is 0 Å². The molecule has 2 aromatic rings. The third-order valence-corrected chi connectivity index (χ3v) is 3.24. The number of nitrogens with zero attached hydrogens (tertiary/aromatic N) is 1. The van der Waals surface area contributed by atoms with Gasteiger partial charge in [0, 0.05) is 10.0 Å². The van der Waals surface area contributed by atoms with Crippen molar-refractivity contribution in [3.63, 3.8) is 0 Å². The van der Waals surface area contributed by atoms with E-state index in [1.54, 1.807) is 30.3 Å². The molecule has 2 aromatic carbocycles. The van der Waals surface area contributed by atoms with Crippen molar-refractivity contribution in [1.82, 2.24) is 5.43 Å². The number of carbonyl (C=O) groups excluding carboxylic acids is 1. The van der Waals surface area contributed by atoms with Crippen LogP contribution >= 0.6 is 15.9 Å². The van der Waals surface area contributed by atoms with Gasteiger partial charge >= 0.3 is 0 Å². The molecule has 0 saturated carbocycles. The molecule has 0 heterocycles. The summed E-state index contributed by atoms with van der Waals surface area (Å²) in [6.45, 7) is 2.28. The highest BCUT2D eigenvalue weighted by molar-refractivity contribution is 9.10. The van der Waals surface area contributed by atoms with Crippen LogP contribution in [0.1, 0.15) is 22.8 Å². The zero-order chi connectivity index (χ0) is 15.9. The number of hydrogen-bond acceptors (Lipinski definition) is 4. The van der Waals surface area contributed by atoms with Gasteiger partial charge in [0.25, 0.3) is 5.91 Å². The number of hydrogen-bond donors (Lipinski definition) is 2. The van der Waals surface area contributed by atoms with Crippen molar-refractivity contribution in [2.24, 2.45) is 5.10 Å². The first kappa shape index (κ1) is 16.0. The highest BCUT2D eigenvalue weighted by atomic mass is 79.9. The lowest BCUT2D eigenvalue weighted by atomic mass is 10.2. The number of carbonyl (C=O) groups is 1. The minimum absolute atomic E-state index is 0.0668. The first-order valence-electron chi connectivity index (χ1n) is 6.65. The Hall–Kier alpha value is -2.34. The topological polar surface area (TPSA) is 70.9 Å². The lowest BCUT2D eigenvalue weighted by Gasteiger charge is -2.06. The van der Waals surface area contributed by atoms with Crippen molar-refractivity contribution in [3.8, 4) is 11.5 Å². The number of phenols is 1. The van der Waals surface area contributed by atoms with Crippen LogP contribution in [-0.2, 0) is 0 Å². The van der Waals surface area contributed by atoms with Gasteiger partial charge in [-0.2, -0.15) is 5.10 Å². The molecule has 0 saturated heterocycles. The van der Waals surface area contributed by atoms with Crippen molar-refractivity contribution in [2.75, 3.05) is 6.61 Å². The monoisotopic (exact) mass is 362 g/mol. The number of aromatic hydroxyl groups is 1.